The Morgan fingerprint density at radius 3 is 2.27 bits per heavy atom. The molecule has 160 valence electrons. The second kappa shape index (κ2) is 10.3. The number of aryl methyl sites for hydroxylation is 3. The van der Waals surface area contributed by atoms with E-state index in [2.05, 4.69) is 51.7 Å². The zero-order chi connectivity index (χ0) is 21.5. The molecule has 2 amide bonds. The van der Waals surface area contributed by atoms with Gasteiger partial charge >= 0.3 is 11.8 Å². The molecule has 1 fully saturated rings. The maximum atomic E-state index is 12.1. The number of carbonyl (C=O) groups is 2. The molecule has 0 atom stereocenters. The van der Waals surface area contributed by atoms with E-state index in [0.717, 1.165) is 50.1 Å². The van der Waals surface area contributed by atoms with Gasteiger partial charge in [-0.1, -0.05) is 18.2 Å². The van der Waals surface area contributed by atoms with E-state index in [1.165, 1.54) is 11.3 Å². The highest BCUT2D eigenvalue weighted by molar-refractivity contribution is 6.39. The highest BCUT2D eigenvalue weighted by atomic mass is 16.2. The van der Waals surface area contributed by atoms with Crippen molar-refractivity contribution in [2.24, 2.45) is 0 Å². The summed E-state index contributed by atoms with van der Waals surface area (Å²) in [6.45, 7) is 8.77. The Kier molecular flexibility index (Phi) is 7.46. The summed E-state index contributed by atoms with van der Waals surface area (Å²) in [5.74, 6) is -1.23. The van der Waals surface area contributed by atoms with E-state index in [0.29, 0.717) is 12.2 Å². The molecule has 6 heteroatoms. The second-order valence-corrected chi connectivity index (χ2v) is 8.07. The molecule has 0 radical (unpaired) electrons. The maximum Gasteiger partial charge on any atom is 0.313 e. The standard InChI is InChI=1S/C24H32N4O2/c1-18-6-9-21(17-19(18)2)26-24(30)23(29)25-12-4-5-20-7-10-22(11-8-20)28-15-13-27(3)14-16-28/h6-11,17H,4-5,12-16H2,1-3H3,(H,25,29)(H,26,30). The first-order valence-corrected chi connectivity index (χ1v) is 10.6. The minimum absolute atomic E-state index is 0.472. The average Bonchev–Trinajstić information content (AvgIpc) is 2.74. The van der Waals surface area contributed by atoms with Gasteiger partial charge in [-0.25, -0.2) is 0 Å². The fourth-order valence-corrected chi connectivity index (χ4v) is 3.52. The first-order chi connectivity index (χ1) is 14.4. The van der Waals surface area contributed by atoms with Crippen molar-refractivity contribution in [3.05, 3.63) is 59.2 Å². The number of anilines is 2. The molecule has 2 aromatic rings. The fraction of sp³-hybridized carbons (Fsp3) is 0.417. The van der Waals surface area contributed by atoms with Crippen LogP contribution in [0.25, 0.3) is 0 Å². The van der Waals surface area contributed by atoms with E-state index in [4.69, 9.17) is 0 Å². The molecule has 30 heavy (non-hydrogen) atoms. The molecule has 0 unspecified atom stereocenters. The van der Waals surface area contributed by atoms with Crippen molar-refractivity contribution in [1.82, 2.24) is 10.2 Å². The van der Waals surface area contributed by atoms with E-state index in [1.807, 2.05) is 26.0 Å². The van der Waals surface area contributed by atoms with Gasteiger partial charge in [0.15, 0.2) is 0 Å². The molecular weight excluding hydrogens is 376 g/mol. The van der Waals surface area contributed by atoms with E-state index < -0.39 is 11.8 Å². The van der Waals surface area contributed by atoms with E-state index >= 15 is 0 Å². The molecule has 6 nitrogen and oxygen atoms in total. The lowest BCUT2D eigenvalue weighted by atomic mass is 10.1. The largest absolute Gasteiger partial charge is 0.369 e. The number of likely N-dealkylation sites (N-methyl/N-ethyl adjacent to an activating group) is 1. The quantitative estimate of drug-likeness (QED) is 0.570. The first-order valence-electron chi connectivity index (χ1n) is 10.6. The van der Waals surface area contributed by atoms with Gasteiger partial charge in [0.05, 0.1) is 0 Å². The second-order valence-electron chi connectivity index (χ2n) is 8.07. The third kappa shape index (κ3) is 6.07. The van der Waals surface area contributed by atoms with Crippen LogP contribution in [0.5, 0.6) is 0 Å². The summed E-state index contributed by atoms with van der Waals surface area (Å²) in [6, 6.07) is 14.3. The van der Waals surface area contributed by atoms with Gasteiger partial charge < -0.3 is 20.4 Å². The molecule has 0 saturated carbocycles. The number of carbonyl (C=O) groups excluding carboxylic acids is 2. The minimum Gasteiger partial charge on any atom is -0.369 e. The van der Waals surface area contributed by atoms with Crippen LogP contribution in [0.1, 0.15) is 23.1 Å². The number of rotatable bonds is 6. The van der Waals surface area contributed by atoms with Gasteiger partial charge in [0.25, 0.3) is 0 Å². The first kappa shape index (κ1) is 21.8. The zero-order valence-corrected chi connectivity index (χ0v) is 18.2. The van der Waals surface area contributed by atoms with Crippen LogP contribution in [-0.2, 0) is 16.0 Å². The molecule has 0 aliphatic carbocycles. The van der Waals surface area contributed by atoms with Crippen molar-refractivity contribution in [3.8, 4) is 0 Å². The number of nitrogens with one attached hydrogen (secondary N) is 2. The molecular formula is C24H32N4O2. The Morgan fingerprint density at radius 1 is 0.900 bits per heavy atom. The monoisotopic (exact) mass is 408 g/mol. The number of hydrogen-bond acceptors (Lipinski definition) is 4. The van der Waals surface area contributed by atoms with Crippen LogP contribution < -0.4 is 15.5 Å². The lowest BCUT2D eigenvalue weighted by molar-refractivity contribution is -0.136. The Hall–Kier alpha value is -2.86. The van der Waals surface area contributed by atoms with Crippen molar-refractivity contribution >= 4 is 23.2 Å². The van der Waals surface area contributed by atoms with Crippen molar-refractivity contribution in [2.45, 2.75) is 26.7 Å². The smallest absolute Gasteiger partial charge is 0.313 e. The number of hydrogen-bond donors (Lipinski definition) is 2. The molecule has 3 rings (SSSR count). The number of piperazine rings is 1. The Labute approximate surface area is 179 Å². The summed E-state index contributed by atoms with van der Waals surface area (Å²) in [5, 5.41) is 5.35. The molecule has 2 aromatic carbocycles. The van der Waals surface area contributed by atoms with Crippen LogP contribution in [-0.4, -0.2) is 56.5 Å². The number of benzene rings is 2. The summed E-state index contributed by atoms with van der Waals surface area (Å²) in [5.41, 5.74) is 5.37. The number of amides is 2. The normalized spacial score (nSPS) is 14.4. The predicted molar refractivity (Wildman–Crippen MR) is 122 cm³/mol. The van der Waals surface area contributed by atoms with Gasteiger partial charge in [-0.3, -0.25) is 9.59 Å². The van der Waals surface area contributed by atoms with Crippen LogP contribution >= 0.6 is 0 Å². The van der Waals surface area contributed by atoms with Crippen LogP contribution in [0.4, 0.5) is 11.4 Å². The molecule has 1 heterocycles. The SMILES string of the molecule is Cc1ccc(NC(=O)C(=O)NCCCc2ccc(N3CCN(C)CC3)cc2)cc1C. The Bertz CT molecular complexity index is 871. The highest BCUT2D eigenvalue weighted by Gasteiger charge is 2.15. The Balaban J connectivity index is 1.38. The van der Waals surface area contributed by atoms with Crippen LogP contribution in [0.3, 0.4) is 0 Å². The third-order valence-corrected chi connectivity index (χ3v) is 5.70. The molecule has 1 aliphatic heterocycles. The minimum atomic E-state index is -0.630. The summed E-state index contributed by atoms with van der Waals surface area (Å²) in [4.78, 5) is 28.8. The predicted octanol–water partition coefficient (Wildman–Crippen LogP) is 2.74. The van der Waals surface area contributed by atoms with Crippen molar-refractivity contribution < 1.29 is 9.59 Å². The third-order valence-electron chi connectivity index (χ3n) is 5.70. The summed E-state index contributed by atoms with van der Waals surface area (Å²) in [6.07, 6.45) is 1.65. The molecule has 0 aromatic heterocycles. The summed E-state index contributed by atoms with van der Waals surface area (Å²) in [7, 11) is 2.16. The molecule has 0 bridgehead atoms. The molecule has 1 aliphatic rings. The lowest BCUT2D eigenvalue weighted by Gasteiger charge is -2.34. The summed E-state index contributed by atoms with van der Waals surface area (Å²) >= 11 is 0. The molecule has 0 spiro atoms. The van der Waals surface area contributed by atoms with E-state index in [9.17, 15) is 9.59 Å². The molecule has 1 saturated heterocycles. The van der Waals surface area contributed by atoms with Gasteiger partial charge in [0, 0.05) is 44.1 Å². The van der Waals surface area contributed by atoms with Crippen LogP contribution in [0, 0.1) is 13.8 Å². The zero-order valence-electron chi connectivity index (χ0n) is 18.2. The van der Waals surface area contributed by atoms with Crippen molar-refractivity contribution in [3.63, 3.8) is 0 Å². The van der Waals surface area contributed by atoms with Crippen LogP contribution in [0.15, 0.2) is 42.5 Å². The Morgan fingerprint density at radius 2 is 1.60 bits per heavy atom. The van der Waals surface area contributed by atoms with Crippen molar-refractivity contribution in [2.75, 3.05) is 50.0 Å². The van der Waals surface area contributed by atoms with Gasteiger partial charge in [-0.05, 0) is 74.7 Å². The number of nitrogens with zero attached hydrogens (tertiary/aromatic N) is 2. The van der Waals surface area contributed by atoms with Gasteiger partial charge in [0.2, 0.25) is 0 Å². The maximum absolute atomic E-state index is 12.1. The van der Waals surface area contributed by atoms with Crippen molar-refractivity contribution in [1.29, 1.82) is 0 Å². The summed E-state index contributed by atoms with van der Waals surface area (Å²) < 4.78 is 0. The van der Waals surface area contributed by atoms with Gasteiger partial charge in [-0.2, -0.15) is 0 Å². The van der Waals surface area contributed by atoms with Gasteiger partial charge in [-0.15, -0.1) is 0 Å². The van der Waals surface area contributed by atoms with Gasteiger partial charge in [0.1, 0.15) is 0 Å². The fourth-order valence-electron chi connectivity index (χ4n) is 3.52. The van der Waals surface area contributed by atoms with E-state index in [1.54, 1.807) is 6.07 Å². The highest BCUT2D eigenvalue weighted by Crippen LogP contribution is 2.18. The average molecular weight is 409 g/mol. The topological polar surface area (TPSA) is 64.7 Å². The van der Waals surface area contributed by atoms with Crippen LogP contribution in [0.2, 0.25) is 0 Å². The van der Waals surface area contributed by atoms with E-state index in [-0.39, 0.29) is 0 Å². The lowest BCUT2D eigenvalue weighted by Crippen LogP contribution is -2.44. The molecule has 2 N–H and O–H groups in total.